The second-order valence-corrected chi connectivity index (χ2v) is 3.01. The largest absolute Gasteiger partial charge is 0.270 e. The Hall–Kier alpha value is -0.860. The summed E-state index contributed by atoms with van der Waals surface area (Å²) in [4.78, 5) is 5.38. The Bertz CT molecular complexity index is 247. The van der Waals surface area contributed by atoms with E-state index in [1.807, 2.05) is 23.3 Å². The van der Waals surface area contributed by atoms with Crippen LogP contribution in [0, 0.1) is 0 Å². The molecule has 1 aromatic carbocycles. The number of benzene rings is 1. The maximum atomic E-state index is 5.38. The van der Waals surface area contributed by atoms with Crippen molar-refractivity contribution in [2.75, 3.05) is 6.54 Å². The highest BCUT2D eigenvalue weighted by molar-refractivity contribution is 5.18. The molecule has 0 aromatic heterocycles. The van der Waals surface area contributed by atoms with Crippen LogP contribution in [-0.4, -0.2) is 11.6 Å². The van der Waals surface area contributed by atoms with Crippen LogP contribution in [0.15, 0.2) is 30.3 Å². The van der Waals surface area contributed by atoms with Crippen molar-refractivity contribution in [3.05, 3.63) is 35.9 Å². The number of hydrogen-bond acceptors (Lipinski definition) is 2. The van der Waals surface area contributed by atoms with E-state index in [2.05, 4.69) is 19.1 Å². The molecule has 0 bridgehead atoms. The third-order valence-electron chi connectivity index (χ3n) is 1.98. The summed E-state index contributed by atoms with van der Waals surface area (Å²) in [5.74, 6) is 0. The normalized spacial score (nSPS) is 27.1. The van der Waals surface area contributed by atoms with Crippen molar-refractivity contribution in [2.45, 2.75) is 19.6 Å². The molecule has 1 fully saturated rings. The van der Waals surface area contributed by atoms with Gasteiger partial charge in [-0.25, -0.2) is 0 Å². The minimum atomic E-state index is 0.228. The lowest BCUT2D eigenvalue weighted by Gasteiger charge is -1.94. The first-order chi connectivity index (χ1) is 5.92. The van der Waals surface area contributed by atoms with Gasteiger partial charge in [-0.3, -0.25) is 4.84 Å². The zero-order valence-corrected chi connectivity index (χ0v) is 7.23. The molecule has 1 heterocycles. The van der Waals surface area contributed by atoms with Crippen LogP contribution in [0.5, 0.6) is 0 Å². The van der Waals surface area contributed by atoms with Crippen LogP contribution in [0.1, 0.15) is 25.1 Å². The Labute approximate surface area is 72.7 Å². The van der Waals surface area contributed by atoms with E-state index in [9.17, 15) is 0 Å². The molecule has 64 valence electrons. The smallest absolute Gasteiger partial charge is 0.179 e. The van der Waals surface area contributed by atoms with Crippen LogP contribution in [0.4, 0.5) is 0 Å². The molecule has 1 aromatic rings. The number of nitrogens with zero attached hydrogens (tertiary/aromatic N) is 1. The highest BCUT2D eigenvalue weighted by Gasteiger charge is 2.36. The van der Waals surface area contributed by atoms with Crippen LogP contribution >= 0.6 is 0 Å². The van der Waals surface area contributed by atoms with E-state index in [1.54, 1.807) is 0 Å². The summed E-state index contributed by atoms with van der Waals surface area (Å²) in [5.41, 5.74) is 1.26. The highest BCUT2D eigenvalue weighted by Crippen LogP contribution is 2.36. The van der Waals surface area contributed by atoms with Crippen molar-refractivity contribution in [1.82, 2.24) is 5.06 Å². The molecule has 1 aliphatic heterocycles. The number of hydrogen-bond donors (Lipinski definition) is 0. The van der Waals surface area contributed by atoms with Gasteiger partial charge < -0.3 is 0 Å². The Morgan fingerprint density at radius 3 is 2.75 bits per heavy atom. The molecule has 0 amide bonds. The van der Waals surface area contributed by atoms with E-state index < -0.39 is 0 Å². The lowest BCUT2D eigenvalue weighted by molar-refractivity contribution is 0.199. The molecule has 2 rings (SSSR count). The van der Waals surface area contributed by atoms with E-state index in [-0.39, 0.29) is 6.23 Å². The average Bonchev–Trinajstić information content (AvgIpc) is 2.87. The van der Waals surface area contributed by atoms with Gasteiger partial charge in [0.1, 0.15) is 0 Å². The van der Waals surface area contributed by atoms with Gasteiger partial charge in [-0.1, -0.05) is 37.3 Å². The molecule has 0 saturated carbocycles. The summed E-state index contributed by atoms with van der Waals surface area (Å²) >= 11 is 0. The van der Waals surface area contributed by atoms with Crippen molar-refractivity contribution in [3.8, 4) is 0 Å². The van der Waals surface area contributed by atoms with Crippen molar-refractivity contribution >= 4 is 0 Å². The average molecular weight is 163 g/mol. The van der Waals surface area contributed by atoms with Gasteiger partial charge in [0, 0.05) is 6.54 Å². The van der Waals surface area contributed by atoms with Crippen LogP contribution in [0.3, 0.4) is 0 Å². The van der Waals surface area contributed by atoms with Gasteiger partial charge in [0.2, 0.25) is 0 Å². The van der Waals surface area contributed by atoms with Crippen LogP contribution in [-0.2, 0) is 4.84 Å². The topological polar surface area (TPSA) is 15.5 Å². The Morgan fingerprint density at radius 1 is 1.33 bits per heavy atom. The first-order valence-corrected chi connectivity index (χ1v) is 4.40. The second kappa shape index (κ2) is 3.25. The van der Waals surface area contributed by atoms with E-state index in [4.69, 9.17) is 4.84 Å². The highest BCUT2D eigenvalue weighted by atomic mass is 16.8. The number of hydroxylamine groups is 2. The molecule has 2 heteroatoms. The van der Waals surface area contributed by atoms with Gasteiger partial charge in [0.25, 0.3) is 0 Å². The molecular weight excluding hydrogens is 150 g/mol. The van der Waals surface area contributed by atoms with Crippen molar-refractivity contribution < 1.29 is 4.84 Å². The summed E-state index contributed by atoms with van der Waals surface area (Å²) in [5, 5.41) is 2.01. The predicted molar refractivity (Wildman–Crippen MR) is 47.3 cm³/mol. The van der Waals surface area contributed by atoms with E-state index in [1.165, 1.54) is 5.56 Å². The van der Waals surface area contributed by atoms with Crippen molar-refractivity contribution in [1.29, 1.82) is 0 Å². The molecular formula is C10H13NO. The molecule has 2 nitrogen and oxygen atoms in total. The minimum Gasteiger partial charge on any atom is -0.270 e. The summed E-state index contributed by atoms with van der Waals surface area (Å²) in [6.07, 6.45) is 1.37. The fourth-order valence-electron chi connectivity index (χ4n) is 1.34. The van der Waals surface area contributed by atoms with Crippen molar-refractivity contribution in [2.24, 2.45) is 0 Å². The summed E-state index contributed by atoms with van der Waals surface area (Å²) in [6, 6.07) is 10.3. The quantitative estimate of drug-likeness (QED) is 0.635. The molecule has 1 unspecified atom stereocenters. The lowest BCUT2D eigenvalue weighted by atomic mass is 10.2. The first kappa shape index (κ1) is 7.77. The maximum absolute atomic E-state index is 5.38. The standard InChI is InChI=1S/C10H13NO/c1-2-8-11-10(12-11)9-6-4-3-5-7-9/h3-7,10H,2,8H2,1H3/t10-,11?/m1/s1. The van der Waals surface area contributed by atoms with Gasteiger partial charge in [-0.05, 0) is 12.0 Å². The Kier molecular flexibility index (Phi) is 2.11. The minimum absolute atomic E-state index is 0.228. The zero-order chi connectivity index (χ0) is 8.39. The van der Waals surface area contributed by atoms with Gasteiger partial charge in [0.15, 0.2) is 6.23 Å². The molecule has 1 aliphatic rings. The van der Waals surface area contributed by atoms with Gasteiger partial charge in [-0.15, -0.1) is 0 Å². The van der Waals surface area contributed by atoms with Gasteiger partial charge >= 0.3 is 0 Å². The SMILES string of the molecule is CCCN1O[C@@H]1c1ccccc1. The lowest BCUT2D eigenvalue weighted by Crippen LogP contribution is -1.98. The molecule has 2 atom stereocenters. The summed E-state index contributed by atoms with van der Waals surface area (Å²) < 4.78 is 0. The van der Waals surface area contributed by atoms with Crippen LogP contribution in [0.25, 0.3) is 0 Å². The van der Waals surface area contributed by atoms with Crippen LogP contribution < -0.4 is 0 Å². The maximum Gasteiger partial charge on any atom is 0.179 e. The predicted octanol–water partition coefficient (Wildman–Crippen LogP) is 2.34. The second-order valence-electron chi connectivity index (χ2n) is 3.01. The van der Waals surface area contributed by atoms with E-state index in [0.717, 1.165) is 13.0 Å². The molecule has 0 spiro atoms. The van der Waals surface area contributed by atoms with E-state index >= 15 is 0 Å². The van der Waals surface area contributed by atoms with Gasteiger partial charge in [-0.2, -0.15) is 5.06 Å². The first-order valence-electron chi connectivity index (χ1n) is 4.40. The fraction of sp³-hybridized carbons (Fsp3) is 0.400. The third kappa shape index (κ3) is 1.49. The van der Waals surface area contributed by atoms with E-state index in [0.29, 0.717) is 0 Å². The summed E-state index contributed by atoms with van der Waals surface area (Å²) in [7, 11) is 0. The zero-order valence-electron chi connectivity index (χ0n) is 7.23. The summed E-state index contributed by atoms with van der Waals surface area (Å²) in [6.45, 7) is 3.18. The number of rotatable bonds is 3. The monoisotopic (exact) mass is 163 g/mol. The molecule has 1 saturated heterocycles. The molecule has 12 heavy (non-hydrogen) atoms. The van der Waals surface area contributed by atoms with Gasteiger partial charge in [0.05, 0.1) is 0 Å². The molecule has 0 N–H and O–H groups in total. The molecule has 0 aliphatic carbocycles. The third-order valence-corrected chi connectivity index (χ3v) is 1.98. The fourth-order valence-corrected chi connectivity index (χ4v) is 1.34. The molecule has 0 radical (unpaired) electrons. The Morgan fingerprint density at radius 2 is 2.08 bits per heavy atom. The Balaban J connectivity index is 1.97. The van der Waals surface area contributed by atoms with Crippen LogP contribution in [0.2, 0.25) is 0 Å². The van der Waals surface area contributed by atoms with Crippen molar-refractivity contribution in [3.63, 3.8) is 0 Å².